The lowest BCUT2D eigenvalue weighted by Gasteiger charge is -2.22. The molecule has 0 fully saturated rings. The predicted octanol–water partition coefficient (Wildman–Crippen LogP) is 6.39. The Labute approximate surface area is 134 Å². The Bertz CT molecular complexity index is 389. The number of hydrogen-bond acceptors (Lipinski definition) is 3. The molecule has 1 aromatic rings. The predicted molar refractivity (Wildman–Crippen MR) is 91.4 cm³/mol. The summed E-state index contributed by atoms with van der Waals surface area (Å²) in [4.78, 5) is 0.923. The van der Waals surface area contributed by atoms with Gasteiger partial charge in [-0.05, 0) is 60.6 Å². The second kappa shape index (κ2) is 9.50. The second-order valence-corrected chi connectivity index (χ2v) is 7.73. The van der Waals surface area contributed by atoms with Gasteiger partial charge in [-0.1, -0.05) is 46.8 Å². The molecule has 0 aliphatic rings. The zero-order valence-electron chi connectivity index (χ0n) is 14.0. The van der Waals surface area contributed by atoms with E-state index in [-0.39, 0.29) is 0 Å². The molecular formula is C18H30O2S. The molecule has 0 bridgehead atoms. The topological polar surface area (TPSA) is 29.5 Å². The molecule has 3 heteroatoms. The average molecular weight is 311 g/mol. The number of benzene rings is 1. The van der Waals surface area contributed by atoms with Crippen molar-refractivity contribution in [2.24, 2.45) is 17.8 Å². The molecule has 21 heavy (non-hydrogen) atoms. The van der Waals surface area contributed by atoms with Crippen molar-refractivity contribution in [1.82, 2.24) is 0 Å². The Kier molecular flexibility index (Phi) is 8.38. The molecular weight excluding hydrogens is 280 g/mol. The van der Waals surface area contributed by atoms with E-state index in [9.17, 15) is 0 Å². The smallest absolute Gasteiger partial charge is 0.0679 e. The molecule has 0 heterocycles. The van der Waals surface area contributed by atoms with Crippen molar-refractivity contribution in [2.45, 2.75) is 64.7 Å². The van der Waals surface area contributed by atoms with Crippen molar-refractivity contribution in [3.05, 3.63) is 29.8 Å². The van der Waals surface area contributed by atoms with Crippen molar-refractivity contribution < 1.29 is 9.59 Å². The van der Waals surface area contributed by atoms with Gasteiger partial charge in [-0.3, -0.25) is 0 Å². The van der Waals surface area contributed by atoms with Gasteiger partial charge < -0.3 is 0 Å². The second-order valence-electron chi connectivity index (χ2n) is 6.94. The van der Waals surface area contributed by atoms with Crippen molar-refractivity contribution in [2.75, 3.05) is 0 Å². The number of hydrogen-bond donors (Lipinski definition) is 1. The summed E-state index contributed by atoms with van der Waals surface area (Å²) in [6.45, 7) is 11.7. The van der Waals surface area contributed by atoms with Gasteiger partial charge in [0, 0.05) is 4.90 Å². The van der Waals surface area contributed by atoms with Gasteiger partial charge in [0.25, 0.3) is 0 Å². The van der Waals surface area contributed by atoms with Crippen LogP contribution in [-0.2, 0) is 4.33 Å². The maximum absolute atomic E-state index is 8.43. The summed E-state index contributed by atoms with van der Waals surface area (Å²) in [5.41, 5.74) is 1.36. The molecule has 0 aliphatic carbocycles. The van der Waals surface area contributed by atoms with Crippen molar-refractivity contribution in [3.8, 4) is 0 Å². The van der Waals surface area contributed by atoms with Crippen molar-refractivity contribution in [3.63, 3.8) is 0 Å². The average Bonchev–Trinajstić information content (AvgIpc) is 2.38. The van der Waals surface area contributed by atoms with Crippen LogP contribution in [0.5, 0.6) is 0 Å². The van der Waals surface area contributed by atoms with Crippen LogP contribution in [0.15, 0.2) is 29.2 Å². The SMILES string of the molecule is CC(C)CC(C)CC(C)CC(C)c1ccc(SOO)cc1. The third-order valence-electron chi connectivity index (χ3n) is 4.02. The largest absolute Gasteiger partial charge is 0.239 e. The van der Waals surface area contributed by atoms with Gasteiger partial charge in [0.15, 0.2) is 0 Å². The van der Waals surface area contributed by atoms with Crippen molar-refractivity contribution >= 4 is 12.0 Å². The summed E-state index contributed by atoms with van der Waals surface area (Å²) in [7, 11) is 0. The molecule has 3 atom stereocenters. The van der Waals surface area contributed by atoms with Gasteiger partial charge in [0.1, 0.15) is 0 Å². The Morgan fingerprint density at radius 2 is 1.48 bits per heavy atom. The van der Waals surface area contributed by atoms with Crippen LogP contribution in [0, 0.1) is 17.8 Å². The van der Waals surface area contributed by atoms with Crippen LogP contribution in [0.25, 0.3) is 0 Å². The zero-order valence-corrected chi connectivity index (χ0v) is 14.8. The van der Waals surface area contributed by atoms with Gasteiger partial charge >= 0.3 is 0 Å². The van der Waals surface area contributed by atoms with Crippen LogP contribution >= 0.6 is 12.0 Å². The van der Waals surface area contributed by atoms with Crippen LogP contribution in [0.2, 0.25) is 0 Å². The lowest BCUT2D eigenvalue weighted by molar-refractivity contribution is -0.116. The van der Waals surface area contributed by atoms with Crippen molar-refractivity contribution in [1.29, 1.82) is 0 Å². The first-order valence-electron chi connectivity index (χ1n) is 8.00. The molecule has 0 saturated heterocycles. The van der Waals surface area contributed by atoms with Crippen LogP contribution in [0.3, 0.4) is 0 Å². The minimum Gasteiger partial charge on any atom is -0.239 e. The van der Waals surface area contributed by atoms with Gasteiger partial charge in [0.05, 0.1) is 12.0 Å². The maximum atomic E-state index is 8.43. The summed E-state index contributed by atoms with van der Waals surface area (Å²) in [6, 6.07) is 8.27. The van der Waals surface area contributed by atoms with Crippen LogP contribution in [0.4, 0.5) is 0 Å². The highest BCUT2D eigenvalue weighted by Gasteiger charge is 2.14. The van der Waals surface area contributed by atoms with E-state index in [1.54, 1.807) is 0 Å². The molecule has 120 valence electrons. The first-order chi connectivity index (χ1) is 9.92. The van der Waals surface area contributed by atoms with E-state index in [0.29, 0.717) is 5.92 Å². The van der Waals surface area contributed by atoms with Gasteiger partial charge in [0.2, 0.25) is 0 Å². The first kappa shape index (κ1) is 18.5. The fourth-order valence-electron chi connectivity index (χ4n) is 3.32. The highest BCUT2D eigenvalue weighted by molar-refractivity contribution is 7.94. The molecule has 0 aromatic heterocycles. The summed E-state index contributed by atoms with van der Waals surface area (Å²) in [5.74, 6) is 2.93. The first-order valence-corrected chi connectivity index (χ1v) is 8.74. The number of rotatable bonds is 9. The molecule has 0 spiro atoms. The summed E-state index contributed by atoms with van der Waals surface area (Å²) in [6.07, 6.45) is 3.87. The Morgan fingerprint density at radius 3 is 2.00 bits per heavy atom. The normalized spacial score (nSPS) is 16.0. The van der Waals surface area contributed by atoms with Gasteiger partial charge in [-0.25, -0.2) is 5.26 Å². The fourth-order valence-corrected chi connectivity index (χ4v) is 3.65. The van der Waals surface area contributed by atoms with Gasteiger partial charge in [-0.15, -0.1) is 0 Å². The summed E-state index contributed by atoms with van der Waals surface area (Å²) < 4.78 is 4.08. The Morgan fingerprint density at radius 1 is 0.905 bits per heavy atom. The van der Waals surface area contributed by atoms with E-state index in [1.165, 1.54) is 24.8 Å². The highest BCUT2D eigenvalue weighted by Crippen LogP contribution is 2.29. The van der Waals surface area contributed by atoms with E-state index in [1.807, 2.05) is 12.1 Å². The highest BCUT2D eigenvalue weighted by atomic mass is 32.2. The fraction of sp³-hybridized carbons (Fsp3) is 0.667. The van der Waals surface area contributed by atoms with Crippen LogP contribution in [0.1, 0.15) is 65.4 Å². The summed E-state index contributed by atoms with van der Waals surface area (Å²) in [5, 5.41) is 8.43. The van der Waals surface area contributed by atoms with E-state index in [0.717, 1.165) is 34.7 Å². The van der Waals surface area contributed by atoms with E-state index < -0.39 is 0 Å². The van der Waals surface area contributed by atoms with Crippen LogP contribution < -0.4 is 0 Å². The molecule has 2 nitrogen and oxygen atoms in total. The Balaban J connectivity index is 2.46. The third kappa shape index (κ3) is 7.35. The molecule has 0 radical (unpaired) electrons. The van der Waals surface area contributed by atoms with E-state index >= 15 is 0 Å². The standard InChI is InChI=1S/C18H30O2S/c1-13(2)10-14(3)11-15(4)12-16(5)17-6-8-18(9-7-17)21-20-19/h6-9,13-16,19H,10-12H2,1-5H3. The third-order valence-corrected chi connectivity index (χ3v) is 4.56. The Hall–Kier alpha value is -0.510. The molecule has 3 unspecified atom stereocenters. The van der Waals surface area contributed by atoms with E-state index in [2.05, 4.69) is 51.1 Å². The zero-order chi connectivity index (χ0) is 15.8. The monoisotopic (exact) mass is 310 g/mol. The maximum Gasteiger partial charge on any atom is 0.0679 e. The summed E-state index contributed by atoms with van der Waals surface area (Å²) >= 11 is 0.979. The minimum atomic E-state index is 0.570. The molecule has 1 aromatic carbocycles. The molecule has 0 saturated carbocycles. The van der Waals surface area contributed by atoms with E-state index in [4.69, 9.17) is 5.26 Å². The molecule has 1 rings (SSSR count). The lowest BCUT2D eigenvalue weighted by atomic mass is 9.84. The van der Waals surface area contributed by atoms with Gasteiger partial charge in [-0.2, -0.15) is 4.33 Å². The van der Waals surface area contributed by atoms with Crippen LogP contribution in [-0.4, -0.2) is 5.26 Å². The molecule has 1 N–H and O–H groups in total. The minimum absolute atomic E-state index is 0.570. The lowest BCUT2D eigenvalue weighted by Crippen LogP contribution is -2.09. The molecule has 0 amide bonds. The quantitative estimate of drug-likeness (QED) is 0.326. The molecule has 0 aliphatic heterocycles.